The van der Waals surface area contributed by atoms with E-state index in [-0.39, 0.29) is 5.56 Å². The third-order valence-electron chi connectivity index (χ3n) is 2.85. The monoisotopic (exact) mass is 237 g/mol. The van der Waals surface area contributed by atoms with E-state index < -0.39 is 0 Å². The fourth-order valence-electron chi connectivity index (χ4n) is 1.93. The average Bonchev–Trinajstić information content (AvgIpc) is 2.44. The van der Waals surface area contributed by atoms with E-state index in [1.54, 1.807) is 12.1 Å². The minimum absolute atomic E-state index is 0.0751. The zero-order valence-electron chi connectivity index (χ0n) is 10.7. The van der Waals surface area contributed by atoms with Crippen LogP contribution in [0.5, 0.6) is 0 Å². The van der Waals surface area contributed by atoms with Gasteiger partial charge in [0.1, 0.15) is 0 Å². The Morgan fingerprint density at radius 3 is 2.83 bits per heavy atom. The Labute approximate surface area is 106 Å². The number of aromatic nitrogens is 2. The van der Waals surface area contributed by atoms with Crippen LogP contribution >= 0.6 is 0 Å². The van der Waals surface area contributed by atoms with Gasteiger partial charge < -0.3 is 0 Å². The van der Waals surface area contributed by atoms with E-state index in [2.05, 4.69) is 4.98 Å². The van der Waals surface area contributed by atoms with Crippen LogP contribution in [0.2, 0.25) is 0 Å². The second-order valence-electron chi connectivity index (χ2n) is 4.08. The Morgan fingerprint density at radius 2 is 1.94 bits per heavy atom. The van der Waals surface area contributed by atoms with Gasteiger partial charge in [0.25, 0.3) is 5.56 Å². The van der Waals surface area contributed by atoms with Gasteiger partial charge >= 0.3 is 0 Å². The zero-order valence-corrected chi connectivity index (χ0v) is 9.71. The van der Waals surface area contributed by atoms with Crippen molar-refractivity contribution in [1.82, 2.24) is 9.55 Å². The van der Waals surface area contributed by atoms with Gasteiger partial charge in [-0.1, -0.05) is 42.4 Å². The summed E-state index contributed by atoms with van der Waals surface area (Å²) in [5.41, 5.74) is 1.43. The maximum atomic E-state index is 12.3. The van der Waals surface area contributed by atoms with E-state index in [0.717, 1.165) is 5.56 Å². The first-order valence-corrected chi connectivity index (χ1v) is 5.74. The maximum absolute atomic E-state index is 12.3. The van der Waals surface area contributed by atoms with Crippen LogP contribution in [-0.4, -0.2) is 9.55 Å². The van der Waals surface area contributed by atoms with Gasteiger partial charge in [-0.3, -0.25) is 9.36 Å². The van der Waals surface area contributed by atoms with E-state index in [0.29, 0.717) is 23.5 Å². The first kappa shape index (κ1) is 9.59. The largest absolute Gasteiger partial charge is 0.294 e. The van der Waals surface area contributed by atoms with E-state index in [4.69, 9.17) is 1.37 Å². The van der Waals surface area contributed by atoms with Gasteiger partial charge in [-0.2, -0.15) is 0 Å². The molecule has 1 heterocycles. The van der Waals surface area contributed by atoms with Crippen molar-refractivity contribution >= 4 is 10.9 Å². The molecule has 0 radical (unpaired) electrons. The average molecular weight is 237 g/mol. The van der Waals surface area contributed by atoms with Gasteiger partial charge in [-0.15, -0.1) is 0 Å². The van der Waals surface area contributed by atoms with Gasteiger partial charge in [0.2, 0.25) is 0 Å². The molecule has 0 N–H and O–H groups in total. The molecule has 3 aromatic rings. The Morgan fingerprint density at radius 1 is 1.11 bits per heavy atom. The summed E-state index contributed by atoms with van der Waals surface area (Å²) in [5, 5.41) is 0.604. The lowest BCUT2D eigenvalue weighted by molar-refractivity contribution is 0.748. The molecule has 0 spiro atoms. The summed E-state index contributed by atoms with van der Waals surface area (Å²) in [7, 11) is 0. The van der Waals surface area contributed by atoms with Crippen molar-refractivity contribution in [2.24, 2.45) is 0 Å². The highest BCUT2D eigenvalue weighted by atomic mass is 16.1. The predicted molar refractivity (Wildman–Crippen MR) is 71.5 cm³/mol. The molecule has 2 aromatic carbocycles. The van der Waals surface area contributed by atoms with Crippen molar-refractivity contribution in [2.45, 2.75) is 6.54 Å². The van der Waals surface area contributed by atoms with Gasteiger partial charge in [0, 0.05) is 0 Å². The second-order valence-corrected chi connectivity index (χ2v) is 4.08. The molecule has 0 amide bonds. The number of nitrogens with zero attached hydrogens (tertiary/aromatic N) is 2. The lowest BCUT2D eigenvalue weighted by atomic mass is 10.2. The molecule has 0 fully saturated rings. The maximum Gasteiger partial charge on any atom is 0.261 e. The smallest absolute Gasteiger partial charge is 0.261 e. The highest BCUT2D eigenvalue weighted by Gasteiger charge is 2.03. The summed E-state index contributed by atoms with van der Waals surface area (Å²) in [6.07, 6.45) is 1.54. The Balaban J connectivity index is 2.10. The van der Waals surface area contributed by atoms with Crippen LogP contribution in [0, 0.1) is 0 Å². The number of hydrogen-bond acceptors (Lipinski definition) is 2. The Hall–Kier alpha value is -2.42. The summed E-state index contributed by atoms with van der Waals surface area (Å²) >= 11 is 0. The van der Waals surface area contributed by atoms with E-state index in [1.807, 2.05) is 36.4 Å². The van der Waals surface area contributed by atoms with Crippen molar-refractivity contribution in [3.8, 4) is 0 Å². The predicted octanol–water partition coefficient (Wildman–Crippen LogP) is 2.44. The van der Waals surface area contributed by atoms with Crippen molar-refractivity contribution in [2.75, 3.05) is 0 Å². The molecule has 18 heavy (non-hydrogen) atoms. The summed E-state index contributed by atoms with van der Waals surface area (Å²) < 4.78 is 9.36. The minimum Gasteiger partial charge on any atom is -0.294 e. The molecule has 0 aliphatic carbocycles. The fourth-order valence-corrected chi connectivity index (χ4v) is 1.93. The molecule has 0 saturated heterocycles. The molecule has 0 bridgehead atoms. The minimum atomic E-state index is -0.0751. The standard InChI is InChI=1S/C15H12N2O/c18-15-13-8-4-5-9-14(13)16-11-17(15)10-12-6-2-1-3-7-12/h1-9,11H,10H2/i6D. The third-order valence-corrected chi connectivity index (χ3v) is 2.85. The third kappa shape index (κ3) is 1.91. The second kappa shape index (κ2) is 4.45. The summed E-state index contributed by atoms with van der Waals surface area (Å²) in [5.74, 6) is 0. The molecule has 0 aliphatic rings. The van der Waals surface area contributed by atoms with Crippen molar-refractivity contribution in [1.29, 1.82) is 0 Å². The highest BCUT2D eigenvalue weighted by molar-refractivity contribution is 5.76. The molecule has 0 aliphatic heterocycles. The molecular formula is C15H12N2O. The molecule has 88 valence electrons. The van der Waals surface area contributed by atoms with Crippen LogP contribution in [0.15, 0.2) is 65.7 Å². The topological polar surface area (TPSA) is 34.9 Å². The number of para-hydroxylation sites is 1. The fraction of sp³-hybridized carbons (Fsp3) is 0.0667. The van der Waals surface area contributed by atoms with Crippen molar-refractivity contribution in [3.63, 3.8) is 0 Å². The quantitative estimate of drug-likeness (QED) is 0.686. The molecular weight excluding hydrogens is 224 g/mol. The molecule has 3 nitrogen and oxygen atoms in total. The van der Waals surface area contributed by atoms with Crippen LogP contribution < -0.4 is 5.56 Å². The SMILES string of the molecule is [2H]c1ccccc1Cn1cnc2ccccc2c1=O. The normalized spacial score (nSPS) is 11.4. The lowest BCUT2D eigenvalue weighted by Crippen LogP contribution is -2.21. The summed E-state index contributed by atoms with van der Waals surface area (Å²) in [4.78, 5) is 16.6. The number of fused-ring (bicyclic) bond motifs is 1. The Bertz CT molecular complexity index is 795. The van der Waals surface area contributed by atoms with E-state index >= 15 is 0 Å². The van der Waals surface area contributed by atoms with E-state index in [9.17, 15) is 4.79 Å². The number of hydrogen-bond donors (Lipinski definition) is 0. The van der Waals surface area contributed by atoms with Crippen LogP contribution in [0.3, 0.4) is 0 Å². The van der Waals surface area contributed by atoms with Crippen molar-refractivity contribution in [3.05, 3.63) is 76.8 Å². The molecule has 3 heteroatoms. The summed E-state index contributed by atoms with van der Waals surface area (Å²) in [6, 6.07) is 15.0. The number of rotatable bonds is 2. The first-order chi connectivity index (χ1) is 9.25. The zero-order chi connectivity index (χ0) is 13.2. The molecule has 3 rings (SSSR count). The van der Waals surface area contributed by atoms with Gasteiger partial charge in [0.15, 0.2) is 0 Å². The van der Waals surface area contributed by atoms with E-state index in [1.165, 1.54) is 10.9 Å². The molecule has 0 unspecified atom stereocenters. The van der Waals surface area contributed by atoms with Crippen LogP contribution in [-0.2, 0) is 6.54 Å². The number of benzene rings is 2. The van der Waals surface area contributed by atoms with Gasteiger partial charge in [-0.05, 0) is 17.7 Å². The molecule has 0 saturated carbocycles. The first-order valence-electron chi connectivity index (χ1n) is 6.24. The van der Waals surface area contributed by atoms with Crippen molar-refractivity contribution < 1.29 is 1.37 Å². The van der Waals surface area contributed by atoms with Crippen LogP contribution in [0.1, 0.15) is 6.93 Å². The Kier molecular flexibility index (Phi) is 2.37. The van der Waals surface area contributed by atoms with Gasteiger partial charge in [0.05, 0.1) is 25.1 Å². The van der Waals surface area contributed by atoms with Crippen LogP contribution in [0.4, 0.5) is 0 Å². The summed E-state index contributed by atoms with van der Waals surface area (Å²) in [6.45, 7) is 0.371. The molecule has 0 atom stereocenters. The van der Waals surface area contributed by atoms with Crippen LogP contribution in [0.25, 0.3) is 10.9 Å². The van der Waals surface area contributed by atoms with Gasteiger partial charge in [-0.25, -0.2) is 4.98 Å². The highest BCUT2D eigenvalue weighted by Crippen LogP contribution is 2.06. The molecule has 1 aromatic heterocycles. The lowest BCUT2D eigenvalue weighted by Gasteiger charge is -2.06.